The van der Waals surface area contributed by atoms with Crippen LogP contribution in [0.3, 0.4) is 0 Å². The Morgan fingerprint density at radius 3 is 2.31 bits per heavy atom. The Morgan fingerprint density at radius 2 is 1.69 bits per heavy atom. The molecule has 1 aliphatic rings. The van der Waals surface area contributed by atoms with Crippen LogP contribution < -0.4 is 4.74 Å². The Balaban J connectivity index is 1.40. The van der Waals surface area contributed by atoms with Gasteiger partial charge in [-0.1, -0.05) is 55.8 Å². The van der Waals surface area contributed by atoms with Crippen molar-refractivity contribution in [2.45, 2.75) is 70.7 Å². The van der Waals surface area contributed by atoms with Crippen molar-refractivity contribution in [1.29, 1.82) is 5.26 Å². The van der Waals surface area contributed by atoms with Crippen LogP contribution >= 0.6 is 0 Å². The molecule has 0 radical (unpaired) electrons. The zero-order valence-corrected chi connectivity index (χ0v) is 23.0. The number of ether oxygens (including phenoxy) is 2. The van der Waals surface area contributed by atoms with Crippen LogP contribution in [0.2, 0.25) is 13.1 Å². The lowest BCUT2D eigenvalue weighted by molar-refractivity contribution is -0.132. The molecule has 192 valence electrons. The zero-order chi connectivity index (χ0) is 25.9. The first-order chi connectivity index (χ1) is 17.4. The molecular weight excluding hydrogens is 466 g/mol. The van der Waals surface area contributed by atoms with E-state index in [0.29, 0.717) is 29.4 Å². The van der Waals surface area contributed by atoms with E-state index in [0.717, 1.165) is 74.0 Å². The molecule has 2 aromatic carbocycles. The van der Waals surface area contributed by atoms with E-state index in [-0.39, 0.29) is 0 Å². The lowest BCUT2D eigenvalue weighted by Crippen LogP contribution is -2.36. The van der Waals surface area contributed by atoms with E-state index in [1.165, 1.54) is 0 Å². The smallest absolute Gasteiger partial charge is 0.331 e. The van der Waals surface area contributed by atoms with Gasteiger partial charge in [-0.15, -0.1) is 0 Å². The number of hydrogen-bond acceptors (Lipinski definition) is 4. The van der Waals surface area contributed by atoms with Crippen molar-refractivity contribution in [3.63, 3.8) is 0 Å². The molecule has 5 nitrogen and oxygen atoms in total. The molecule has 2 aromatic rings. The number of carbonyl (C=O) groups is 1. The molecule has 1 saturated heterocycles. The van der Waals surface area contributed by atoms with Crippen molar-refractivity contribution < 1.29 is 19.4 Å². The summed E-state index contributed by atoms with van der Waals surface area (Å²) < 4.78 is 11.9. The highest BCUT2D eigenvalue weighted by molar-refractivity contribution is 6.57. The van der Waals surface area contributed by atoms with Crippen molar-refractivity contribution >= 4 is 14.8 Å². The summed E-state index contributed by atoms with van der Waals surface area (Å²) in [5, 5.41) is 18.6. The standard InChI is InChI=1S/C30H39NO4Si/c1-22(30(32)33)28(26-17-19-35-29(20-26)36(2)3)8-6-4-5-7-18-34-27-15-13-25(14-16-27)24-11-9-23(21-31)10-12-24/h9-16,26,29,36H,4-8,17-20H2,1-3H3,(H,32,33). The summed E-state index contributed by atoms with van der Waals surface area (Å²) in [6.07, 6.45) is 6.93. The Labute approximate surface area is 217 Å². The Hall–Kier alpha value is -2.88. The third-order valence-electron chi connectivity index (χ3n) is 7.16. The maximum atomic E-state index is 11.7. The molecule has 0 amide bonds. The number of nitrogens with zero attached hydrogens (tertiary/aromatic N) is 1. The molecule has 3 rings (SSSR count). The van der Waals surface area contributed by atoms with Gasteiger partial charge in [-0.2, -0.15) is 5.26 Å². The maximum absolute atomic E-state index is 11.7. The van der Waals surface area contributed by atoms with Crippen LogP contribution in [0.25, 0.3) is 11.1 Å². The van der Waals surface area contributed by atoms with Gasteiger partial charge in [-0.25, -0.2) is 4.79 Å². The summed E-state index contributed by atoms with van der Waals surface area (Å²) in [5.41, 5.74) is 4.88. The topological polar surface area (TPSA) is 79.5 Å². The van der Waals surface area contributed by atoms with Gasteiger partial charge >= 0.3 is 5.97 Å². The monoisotopic (exact) mass is 505 g/mol. The van der Waals surface area contributed by atoms with E-state index in [2.05, 4.69) is 19.2 Å². The number of unbranched alkanes of at least 4 members (excludes halogenated alkanes) is 3. The minimum absolute atomic E-state index is 0.352. The van der Waals surface area contributed by atoms with Crippen LogP contribution in [0.4, 0.5) is 0 Å². The minimum Gasteiger partial charge on any atom is -0.494 e. The van der Waals surface area contributed by atoms with E-state index in [1.807, 2.05) is 48.5 Å². The molecule has 0 aromatic heterocycles. The summed E-state index contributed by atoms with van der Waals surface area (Å²) in [6.45, 7) is 7.82. The van der Waals surface area contributed by atoms with Crippen LogP contribution in [-0.4, -0.2) is 38.8 Å². The summed E-state index contributed by atoms with van der Waals surface area (Å²) in [7, 11) is -0.899. The van der Waals surface area contributed by atoms with Gasteiger partial charge < -0.3 is 14.6 Å². The number of carboxylic acids is 1. The quantitative estimate of drug-likeness (QED) is 0.195. The first-order valence-corrected chi connectivity index (χ1v) is 16.1. The van der Waals surface area contributed by atoms with Gasteiger partial charge in [0.1, 0.15) is 5.75 Å². The van der Waals surface area contributed by atoms with E-state index in [1.54, 1.807) is 6.92 Å². The van der Waals surface area contributed by atoms with Gasteiger partial charge in [-0.05, 0) is 80.3 Å². The van der Waals surface area contributed by atoms with E-state index in [4.69, 9.17) is 14.7 Å². The molecule has 6 heteroatoms. The molecule has 0 bridgehead atoms. The Morgan fingerprint density at radius 1 is 1.06 bits per heavy atom. The Kier molecular flexibility index (Phi) is 10.8. The fourth-order valence-electron chi connectivity index (χ4n) is 4.89. The number of nitriles is 1. The highest BCUT2D eigenvalue weighted by Crippen LogP contribution is 2.33. The number of allylic oxidation sites excluding steroid dienone is 1. The molecule has 2 atom stereocenters. The van der Waals surface area contributed by atoms with Crippen molar-refractivity contribution in [3.05, 3.63) is 65.2 Å². The second-order valence-electron chi connectivity index (χ2n) is 10.1. The molecule has 1 N–H and O–H groups in total. The SMILES string of the molecule is CC(C(=O)O)=C(CCCCCCOc1ccc(-c2ccc(C#N)cc2)cc1)C1CCOC([SiH](C)C)C1. The number of rotatable bonds is 12. The predicted octanol–water partition coefficient (Wildman–Crippen LogP) is 6.78. The van der Waals surface area contributed by atoms with Crippen LogP contribution in [-0.2, 0) is 9.53 Å². The van der Waals surface area contributed by atoms with Gasteiger partial charge in [0.05, 0.1) is 27.0 Å². The maximum Gasteiger partial charge on any atom is 0.331 e. The summed E-state index contributed by atoms with van der Waals surface area (Å²) in [4.78, 5) is 11.7. The van der Waals surface area contributed by atoms with E-state index < -0.39 is 14.8 Å². The van der Waals surface area contributed by atoms with Crippen LogP contribution in [0.5, 0.6) is 5.75 Å². The third-order valence-corrected chi connectivity index (χ3v) is 9.12. The molecule has 1 aliphatic heterocycles. The van der Waals surface area contributed by atoms with Crippen LogP contribution in [0.1, 0.15) is 57.4 Å². The number of hydrogen-bond donors (Lipinski definition) is 1. The third kappa shape index (κ3) is 8.08. The lowest BCUT2D eigenvalue weighted by Gasteiger charge is -2.33. The zero-order valence-electron chi connectivity index (χ0n) is 21.8. The largest absolute Gasteiger partial charge is 0.494 e. The fourth-order valence-corrected chi connectivity index (χ4v) is 6.28. The predicted molar refractivity (Wildman–Crippen MR) is 147 cm³/mol. The van der Waals surface area contributed by atoms with Gasteiger partial charge in [0.15, 0.2) is 0 Å². The second-order valence-corrected chi connectivity index (χ2v) is 13.3. The summed E-state index contributed by atoms with van der Waals surface area (Å²) >= 11 is 0. The average Bonchev–Trinajstić information content (AvgIpc) is 2.90. The molecule has 1 fully saturated rings. The first kappa shape index (κ1) is 27.7. The lowest BCUT2D eigenvalue weighted by atomic mass is 9.85. The Bertz CT molecular complexity index is 1050. The van der Waals surface area contributed by atoms with Gasteiger partial charge in [0.2, 0.25) is 0 Å². The van der Waals surface area contributed by atoms with E-state index >= 15 is 0 Å². The van der Waals surface area contributed by atoms with Gasteiger partial charge in [-0.3, -0.25) is 0 Å². The van der Waals surface area contributed by atoms with Crippen molar-refractivity contribution in [2.24, 2.45) is 5.92 Å². The first-order valence-electron chi connectivity index (χ1n) is 13.2. The molecule has 36 heavy (non-hydrogen) atoms. The minimum atomic E-state index is -0.899. The second kappa shape index (κ2) is 14.0. The van der Waals surface area contributed by atoms with Crippen LogP contribution in [0.15, 0.2) is 59.7 Å². The molecule has 0 aliphatic carbocycles. The summed E-state index contributed by atoms with van der Waals surface area (Å²) in [6, 6.07) is 17.8. The van der Waals surface area contributed by atoms with Crippen molar-refractivity contribution in [3.8, 4) is 22.9 Å². The van der Waals surface area contributed by atoms with Crippen molar-refractivity contribution in [1.82, 2.24) is 0 Å². The highest BCUT2D eigenvalue weighted by atomic mass is 28.3. The van der Waals surface area contributed by atoms with Crippen LogP contribution in [0, 0.1) is 17.2 Å². The fraction of sp³-hybridized carbons (Fsp3) is 0.467. The molecule has 2 unspecified atom stereocenters. The molecule has 0 spiro atoms. The van der Waals surface area contributed by atoms with E-state index in [9.17, 15) is 9.90 Å². The van der Waals surface area contributed by atoms with Gasteiger partial charge in [0, 0.05) is 17.9 Å². The van der Waals surface area contributed by atoms with Crippen molar-refractivity contribution in [2.75, 3.05) is 13.2 Å². The number of aliphatic carboxylic acids is 1. The highest BCUT2D eigenvalue weighted by Gasteiger charge is 2.29. The molecular formula is C30H39NO4Si. The molecule has 0 saturated carbocycles. The van der Waals surface area contributed by atoms with Gasteiger partial charge in [0.25, 0.3) is 0 Å². The normalized spacial score (nSPS) is 18.4. The summed E-state index contributed by atoms with van der Waals surface area (Å²) in [5.74, 6) is 0.427. The number of benzene rings is 2. The molecule has 1 heterocycles. The number of carboxylic acid groups (broad SMARTS) is 1. The average molecular weight is 506 g/mol.